The Morgan fingerprint density at radius 3 is 2.60 bits per heavy atom. The molecule has 1 aromatic heterocycles. The highest BCUT2D eigenvalue weighted by atomic mass is 16.5. The van der Waals surface area contributed by atoms with E-state index in [1.54, 1.807) is 11.7 Å². The zero-order chi connectivity index (χ0) is 11.6. The van der Waals surface area contributed by atoms with Crippen LogP contribution in [0.15, 0.2) is 0 Å². The zero-order valence-corrected chi connectivity index (χ0v) is 9.37. The molecule has 1 heterocycles. The zero-order valence-electron chi connectivity index (χ0n) is 9.37. The van der Waals surface area contributed by atoms with E-state index >= 15 is 0 Å². The lowest BCUT2D eigenvalue weighted by Crippen LogP contribution is -2.10. The summed E-state index contributed by atoms with van der Waals surface area (Å²) in [5, 5.41) is 6.99. The van der Waals surface area contributed by atoms with Crippen LogP contribution in [0.4, 0.5) is 11.6 Å². The van der Waals surface area contributed by atoms with Gasteiger partial charge in [-0.15, -0.1) is 0 Å². The number of carbonyl (C=O) groups excluding carboxylic acids is 1. The summed E-state index contributed by atoms with van der Waals surface area (Å²) >= 11 is 0. The molecule has 6 heteroatoms. The average molecular weight is 212 g/mol. The summed E-state index contributed by atoms with van der Waals surface area (Å²) in [6, 6.07) is 0.0931. The molecule has 0 unspecified atom stereocenters. The second-order valence-corrected chi connectivity index (χ2v) is 3.39. The molecule has 0 aliphatic rings. The highest BCUT2D eigenvalue weighted by Crippen LogP contribution is 2.24. The molecule has 0 radical (unpaired) electrons. The van der Waals surface area contributed by atoms with Crippen LogP contribution in [-0.2, 0) is 4.74 Å². The van der Waals surface area contributed by atoms with Gasteiger partial charge in [-0.3, -0.25) is 0 Å². The van der Waals surface area contributed by atoms with Gasteiger partial charge in [0.1, 0.15) is 11.4 Å². The van der Waals surface area contributed by atoms with Gasteiger partial charge in [0.05, 0.1) is 7.11 Å². The first-order chi connectivity index (χ1) is 7.02. The Hall–Kier alpha value is -1.72. The van der Waals surface area contributed by atoms with E-state index in [0.29, 0.717) is 11.6 Å². The van der Waals surface area contributed by atoms with Crippen molar-refractivity contribution >= 4 is 17.6 Å². The number of anilines is 2. The maximum Gasteiger partial charge on any atom is 0.345 e. The molecule has 0 saturated heterocycles. The van der Waals surface area contributed by atoms with Gasteiger partial charge >= 0.3 is 5.97 Å². The van der Waals surface area contributed by atoms with Crippen LogP contribution < -0.4 is 11.1 Å². The normalized spacial score (nSPS) is 10.5. The minimum Gasteiger partial charge on any atom is -0.465 e. The number of hydrogen-bond acceptors (Lipinski definition) is 5. The minimum atomic E-state index is -0.483. The monoisotopic (exact) mass is 212 g/mol. The fourth-order valence-corrected chi connectivity index (χ4v) is 1.32. The molecule has 15 heavy (non-hydrogen) atoms. The van der Waals surface area contributed by atoms with Gasteiger partial charge in [-0.1, -0.05) is 0 Å². The van der Waals surface area contributed by atoms with Crippen LogP contribution in [0, 0.1) is 0 Å². The van der Waals surface area contributed by atoms with Crippen molar-refractivity contribution in [1.29, 1.82) is 0 Å². The van der Waals surface area contributed by atoms with Gasteiger partial charge in [0.2, 0.25) is 0 Å². The third-order valence-electron chi connectivity index (χ3n) is 2.06. The number of ether oxygens (including phenoxy) is 1. The topological polar surface area (TPSA) is 82.2 Å². The van der Waals surface area contributed by atoms with E-state index in [0.717, 1.165) is 0 Å². The van der Waals surface area contributed by atoms with Gasteiger partial charge in [-0.25, -0.2) is 9.48 Å². The third kappa shape index (κ3) is 1.88. The molecule has 3 N–H and O–H groups in total. The summed E-state index contributed by atoms with van der Waals surface area (Å²) in [6.07, 6.45) is 0. The molecule has 1 rings (SSSR count). The molecular formula is C9H16N4O2. The molecule has 0 aromatic carbocycles. The van der Waals surface area contributed by atoms with Crippen LogP contribution >= 0.6 is 0 Å². The molecule has 0 saturated carbocycles. The average Bonchev–Trinajstić information content (AvgIpc) is 2.54. The Kier molecular flexibility index (Phi) is 3.18. The lowest BCUT2D eigenvalue weighted by atomic mass is 10.3. The van der Waals surface area contributed by atoms with Crippen LogP contribution in [-0.4, -0.2) is 29.9 Å². The summed E-state index contributed by atoms with van der Waals surface area (Å²) in [7, 11) is 2.99. The summed E-state index contributed by atoms with van der Waals surface area (Å²) < 4.78 is 6.22. The summed E-state index contributed by atoms with van der Waals surface area (Å²) in [5.41, 5.74) is 6.10. The minimum absolute atomic E-state index is 0.0931. The first kappa shape index (κ1) is 11.4. The van der Waals surface area contributed by atoms with E-state index in [9.17, 15) is 4.79 Å². The smallest absolute Gasteiger partial charge is 0.345 e. The second-order valence-electron chi connectivity index (χ2n) is 3.39. The molecule has 1 aromatic rings. The number of methoxy groups -OCH3 is 1. The molecule has 0 aliphatic carbocycles. The van der Waals surface area contributed by atoms with Crippen molar-refractivity contribution in [2.45, 2.75) is 19.9 Å². The highest BCUT2D eigenvalue weighted by molar-refractivity contribution is 5.99. The molecule has 0 spiro atoms. The van der Waals surface area contributed by atoms with Crippen molar-refractivity contribution in [3.8, 4) is 0 Å². The van der Waals surface area contributed by atoms with Crippen LogP contribution in [0.2, 0.25) is 0 Å². The van der Waals surface area contributed by atoms with Gasteiger partial charge in [-0.05, 0) is 13.8 Å². The van der Waals surface area contributed by atoms with Crippen molar-refractivity contribution in [2.24, 2.45) is 0 Å². The van der Waals surface area contributed by atoms with Crippen LogP contribution in [0.5, 0.6) is 0 Å². The fourth-order valence-electron chi connectivity index (χ4n) is 1.32. The van der Waals surface area contributed by atoms with E-state index in [1.807, 2.05) is 13.8 Å². The number of nitrogens with two attached hydrogens (primary N) is 1. The molecular weight excluding hydrogens is 196 g/mol. The number of nitrogens with one attached hydrogen (secondary N) is 1. The standard InChI is InChI=1S/C9H16N4O2/c1-5(2)13-7(10)6(9(14)15-4)8(11-3)12-13/h5H,10H2,1-4H3,(H,11,12). The van der Waals surface area contributed by atoms with Gasteiger partial charge in [0, 0.05) is 13.1 Å². The molecule has 6 nitrogen and oxygen atoms in total. The van der Waals surface area contributed by atoms with Crippen molar-refractivity contribution in [3.63, 3.8) is 0 Å². The summed E-state index contributed by atoms with van der Waals surface area (Å²) in [4.78, 5) is 11.5. The van der Waals surface area contributed by atoms with E-state index in [1.165, 1.54) is 7.11 Å². The fraction of sp³-hybridized carbons (Fsp3) is 0.556. The molecule has 84 valence electrons. The summed E-state index contributed by atoms with van der Waals surface area (Å²) in [5.74, 6) is 0.276. The Morgan fingerprint density at radius 2 is 2.20 bits per heavy atom. The van der Waals surface area contributed by atoms with Crippen LogP contribution in [0.25, 0.3) is 0 Å². The molecule has 0 bridgehead atoms. The number of rotatable bonds is 3. The summed E-state index contributed by atoms with van der Waals surface area (Å²) in [6.45, 7) is 3.87. The molecule has 0 fully saturated rings. The lowest BCUT2D eigenvalue weighted by molar-refractivity contribution is 0.0603. The Bertz CT molecular complexity index is 370. The SMILES string of the molecule is CNc1nn(C(C)C)c(N)c1C(=O)OC. The van der Waals surface area contributed by atoms with Gasteiger partial charge in [0.25, 0.3) is 0 Å². The van der Waals surface area contributed by atoms with Crippen LogP contribution in [0.1, 0.15) is 30.2 Å². The maximum atomic E-state index is 11.5. The predicted octanol–water partition coefficient (Wildman–Crippen LogP) is 0.874. The van der Waals surface area contributed by atoms with E-state index < -0.39 is 5.97 Å². The first-order valence-electron chi connectivity index (χ1n) is 4.67. The quantitative estimate of drug-likeness (QED) is 0.726. The number of nitrogens with zero attached hydrogens (tertiary/aromatic N) is 2. The highest BCUT2D eigenvalue weighted by Gasteiger charge is 2.22. The number of nitrogen functional groups attached to an aromatic ring is 1. The van der Waals surface area contributed by atoms with Gasteiger partial charge in [-0.2, -0.15) is 5.10 Å². The third-order valence-corrected chi connectivity index (χ3v) is 2.06. The largest absolute Gasteiger partial charge is 0.465 e. The number of hydrogen-bond donors (Lipinski definition) is 2. The van der Waals surface area contributed by atoms with E-state index in [4.69, 9.17) is 5.73 Å². The second kappa shape index (κ2) is 4.20. The predicted molar refractivity (Wildman–Crippen MR) is 57.9 cm³/mol. The first-order valence-corrected chi connectivity index (χ1v) is 4.67. The molecule has 0 atom stereocenters. The van der Waals surface area contributed by atoms with Crippen molar-refractivity contribution in [1.82, 2.24) is 9.78 Å². The Labute approximate surface area is 88.4 Å². The Morgan fingerprint density at radius 1 is 1.60 bits per heavy atom. The number of aromatic nitrogens is 2. The Balaban J connectivity index is 3.29. The lowest BCUT2D eigenvalue weighted by Gasteiger charge is -2.06. The maximum absolute atomic E-state index is 11.5. The van der Waals surface area contributed by atoms with Gasteiger partial charge < -0.3 is 15.8 Å². The van der Waals surface area contributed by atoms with E-state index in [-0.39, 0.29) is 11.6 Å². The number of esters is 1. The van der Waals surface area contributed by atoms with E-state index in [2.05, 4.69) is 15.2 Å². The molecule has 0 aliphatic heterocycles. The van der Waals surface area contributed by atoms with Crippen molar-refractivity contribution in [3.05, 3.63) is 5.56 Å². The number of carbonyl (C=O) groups is 1. The molecule has 0 amide bonds. The van der Waals surface area contributed by atoms with Crippen molar-refractivity contribution in [2.75, 3.05) is 25.2 Å². The van der Waals surface area contributed by atoms with Crippen LogP contribution in [0.3, 0.4) is 0 Å². The van der Waals surface area contributed by atoms with Gasteiger partial charge in [0.15, 0.2) is 5.82 Å². The van der Waals surface area contributed by atoms with Crippen molar-refractivity contribution < 1.29 is 9.53 Å².